The molecular weight excluding hydrogens is 256 g/mol. The SMILES string of the molecule is CCCCCCOC(=O)/C(N)=C/C=C/N(CC)CCO. The fourth-order valence-electron chi connectivity index (χ4n) is 1.58. The molecule has 0 radical (unpaired) electrons. The van der Waals surface area contributed by atoms with E-state index < -0.39 is 5.97 Å². The molecule has 0 aromatic heterocycles. The zero-order valence-electron chi connectivity index (χ0n) is 12.7. The van der Waals surface area contributed by atoms with Crippen molar-refractivity contribution < 1.29 is 14.6 Å². The number of carbonyl (C=O) groups is 1. The lowest BCUT2D eigenvalue weighted by Crippen LogP contribution is -2.20. The number of nitrogens with two attached hydrogens (primary N) is 1. The van der Waals surface area contributed by atoms with E-state index in [2.05, 4.69) is 6.92 Å². The molecule has 0 aromatic rings. The van der Waals surface area contributed by atoms with E-state index in [0.29, 0.717) is 13.2 Å². The van der Waals surface area contributed by atoms with Crippen LogP contribution in [-0.2, 0) is 9.53 Å². The van der Waals surface area contributed by atoms with Crippen molar-refractivity contribution in [1.29, 1.82) is 0 Å². The summed E-state index contributed by atoms with van der Waals surface area (Å²) in [5.74, 6) is -0.476. The van der Waals surface area contributed by atoms with Crippen molar-refractivity contribution in [1.82, 2.24) is 4.90 Å². The first-order valence-electron chi connectivity index (χ1n) is 7.31. The molecule has 116 valence electrons. The highest BCUT2D eigenvalue weighted by Crippen LogP contribution is 2.00. The Kier molecular flexibility index (Phi) is 11.6. The van der Waals surface area contributed by atoms with Gasteiger partial charge in [0.1, 0.15) is 5.70 Å². The van der Waals surface area contributed by atoms with E-state index in [1.807, 2.05) is 11.8 Å². The first kappa shape index (κ1) is 18.5. The Bertz CT molecular complexity index is 314. The number of unbranched alkanes of at least 4 members (excludes halogenated alkanes) is 3. The standard InChI is InChI=1S/C15H28N2O3/c1-3-5-6-7-13-20-15(19)14(16)9-8-10-17(4-2)11-12-18/h8-10,18H,3-7,11-13,16H2,1-2H3/b10-8+,14-9-. The van der Waals surface area contributed by atoms with Crippen LogP contribution >= 0.6 is 0 Å². The highest BCUT2D eigenvalue weighted by Gasteiger charge is 2.04. The summed E-state index contributed by atoms with van der Waals surface area (Å²) in [6.07, 6.45) is 9.26. The summed E-state index contributed by atoms with van der Waals surface area (Å²) in [6.45, 7) is 5.97. The number of esters is 1. The van der Waals surface area contributed by atoms with Crippen LogP contribution < -0.4 is 5.73 Å². The van der Waals surface area contributed by atoms with E-state index in [9.17, 15) is 4.79 Å². The Morgan fingerprint density at radius 2 is 2.05 bits per heavy atom. The number of hydrogen-bond donors (Lipinski definition) is 2. The summed E-state index contributed by atoms with van der Waals surface area (Å²) in [7, 11) is 0. The molecule has 0 bridgehead atoms. The summed E-state index contributed by atoms with van der Waals surface area (Å²) in [5, 5.41) is 8.83. The Morgan fingerprint density at radius 3 is 2.65 bits per heavy atom. The van der Waals surface area contributed by atoms with Gasteiger partial charge in [0.25, 0.3) is 0 Å². The van der Waals surface area contributed by atoms with Crippen LogP contribution in [0, 0.1) is 0 Å². The average molecular weight is 284 g/mol. The van der Waals surface area contributed by atoms with E-state index >= 15 is 0 Å². The van der Waals surface area contributed by atoms with Gasteiger partial charge >= 0.3 is 5.97 Å². The van der Waals surface area contributed by atoms with E-state index in [-0.39, 0.29) is 12.3 Å². The average Bonchev–Trinajstić information content (AvgIpc) is 2.45. The third kappa shape index (κ3) is 9.44. The molecule has 0 aromatic carbocycles. The lowest BCUT2D eigenvalue weighted by molar-refractivity contribution is -0.139. The van der Waals surface area contributed by atoms with Crippen LogP contribution in [0.2, 0.25) is 0 Å². The molecule has 20 heavy (non-hydrogen) atoms. The van der Waals surface area contributed by atoms with Crippen LogP contribution in [0.3, 0.4) is 0 Å². The highest BCUT2D eigenvalue weighted by atomic mass is 16.5. The highest BCUT2D eigenvalue weighted by molar-refractivity contribution is 5.87. The van der Waals surface area contributed by atoms with Crippen molar-refractivity contribution in [3.63, 3.8) is 0 Å². The van der Waals surface area contributed by atoms with Gasteiger partial charge in [-0.1, -0.05) is 26.2 Å². The van der Waals surface area contributed by atoms with Crippen LogP contribution in [0.15, 0.2) is 24.0 Å². The van der Waals surface area contributed by atoms with E-state index in [1.165, 1.54) is 6.08 Å². The number of ether oxygens (including phenoxy) is 1. The fourth-order valence-corrected chi connectivity index (χ4v) is 1.58. The molecule has 5 heteroatoms. The van der Waals surface area contributed by atoms with Gasteiger partial charge in [-0.15, -0.1) is 0 Å². The number of hydrogen-bond acceptors (Lipinski definition) is 5. The zero-order valence-corrected chi connectivity index (χ0v) is 12.7. The summed E-state index contributed by atoms with van der Waals surface area (Å²) in [6, 6.07) is 0. The van der Waals surface area contributed by atoms with E-state index in [0.717, 1.165) is 32.2 Å². The van der Waals surface area contributed by atoms with Gasteiger partial charge in [-0.2, -0.15) is 0 Å². The summed E-state index contributed by atoms with van der Waals surface area (Å²) in [4.78, 5) is 13.5. The maximum absolute atomic E-state index is 11.5. The van der Waals surface area contributed by atoms with Crippen LogP contribution in [0.25, 0.3) is 0 Å². The smallest absolute Gasteiger partial charge is 0.354 e. The number of aliphatic hydroxyl groups excluding tert-OH is 1. The number of nitrogens with zero attached hydrogens (tertiary/aromatic N) is 1. The molecule has 0 atom stereocenters. The van der Waals surface area contributed by atoms with Gasteiger partial charge in [0, 0.05) is 13.1 Å². The maximum atomic E-state index is 11.5. The molecule has 0 spiro atoms. The van der Waals surface area contributed by atoms with Crippen molar-refractivity contribution in [3.8, 4) is 0 Å². The zero-order chi connectivity index (χ0) is 15.2. The maximum Gasteiger partial charge on any atom is 0.354 e. The van der Waals surface area contributed by atoms with Crippen molar-refractivity contribution >= 4 is 5.97 Å². The molecule has 0 heterocycles. The first-order chi connectivity index (χ1) is 9.65. The van der Waals surface area contributed by atoms with Gasteiger partial charge in [-0.05, 0) is 31.7 Å². The van der Waals surface area contributed by atoms with E-state index in [4.69, 9.17) is 15.6 Å². The van der Waals surface area contributed by atoms with Crippen molar-refractivity contribution in [2.45, 2.75) is 39.5 Å². The third-order valence-electron chi connectivity index (χ3n) is 2.83. The second kappa shape index (κ2) is 12.5. The Morgan fingerprint density at radius 1 is 1.30 bits per heavy atom. The van der Waals surface area contributed by atoms with Gasteiger partial charge in [0.2, 0.25) is 0 Å². The van der Waals surface area contributed by atoms with Crippen LogP contribution in [0.4, 0.5) is 0 Å². The molecule has 0 amide bonds. The normalized spacial score (nSPS) is 11.8. The van der Waals surface area contributed by atoms with Crippen LogP contribution in [0.1, 0.15) is 39.5 Å². The largest absolute Gasteiger partial charge is 0.461 e. The van der Waals surface area contributed by atoms with Crippen LogP contribution in [-0.4, -0.2) is 42.3 Å². The quantitative estimate of drug-likeness (QED) is 0.262. The predicted octanol–water partition coefficient (Wildman–Crippen LogP) is 1.78. The lowest BCUT2D eigenvalue weighted by Gasteiger charge is -2.15. The molecular formula is C15H28N2O3. The second-order valence-electron chi connectivity index (χ2n) is 4.51. The Hall–Kier alpha value is -1.49. The molecule has 0 rings (SSSR count). The minimum absolute atomic E-state index is 0.0943. The minimum atomic E-state index is -0.476. The third-order valence-corrected chi connectivity index (χ3v) is 2.83. The Balaban J connectivity index is 4.02. The topological polar surface area (TPSA) is 75.8 Å². The molecule has 0 aliphatic carbocycles. The predicted molar refractivity (Wildman–Crippen MR) is 80.8 cm³/mol. The van der Waals surface area contributed by atoms with Crippen LogP contribution in [0.5, 0.6) is 0 Å². The minimum Gasteiger partial charge on any atom is -0.461 e. The molecule has 0 aliphatic rings. The van der Waals surface area contributed by atoms with Gasteiger partial charge in [0.15, 0.2) is 0 Å². The first-order valence-corrected chi connectivity index (χ1v) is 7.31. The molecule has 5 nitrogen and oxygen atoms in total. The van der Waals surface area contributed by atoms with E-state index in [1.54, 1.807) is 12.3 Å². The second-order valence-corrected chi connectivity index (χ2v) is 4.51. The van der Waals surface area contributed by atoms with Gasteiger partial charge in [-0.3, -0.25) is 0 Å². The molecule has 0 aliphatic heterocycles. The molecule has 0 fully saturated rings. The molecule has 0 unspecified atom stereocenters. The number of rotatable bonds is 11. The van der Waals surface area contributed by atoms with Crippen molar-refractivity contribution in [2.24, 2.45) is 5.73 Å². The molecule has 0 saturated carbocycles. The number of likely N-dealkylation sites (N-methyl/N-ethyl adjacent to an activating group) is 1. The van der Waals surface area contributed by atoms with Gasteiger partial charge in [0.05, 0.1) is 13.2 Å². The van der Waals surface area contributed by atoms with Gasteiger partial charge in [-0.25, -0.2) is 4.79 Å². The summed E-state index contributed by atoms with van der Waals surface area (Å²) in [5.41, 5.74) is 5.72. The monoisotopic (exact) mass is 284 g/mol. The number of allylic oxidation sites excluding steroid dienone is 2. The van der Waals surface area contributed by atoms with Crippen molar-refractivity contribution in [2.75, 3.05) is 26.3 Å². The summed E-state index contributed by atoms with van der Waals surface area (Å²) < 4.78 is 5.06. The Labute approximate surface area is 122 Å². The molecule has 0 saturated heterocycles. The lowest BCUT2D eigenvalue weighted by atomic mass is 10.2. The van der Waals surface area contributed by atoms with Crippen molar-refractivity contribution in [3.05, 3.63) is 24.0 Å². The fraction of sp³-hybridized carbons (Fsp3) is 0.667. The number of carbonyl (C=O) groups excluding carboxylic acids is 1. The molecule has 3 N–H and O–H groups in total. The summed E-state index contributed by atoms with van der Waals surface area (Å²) >= 11 is 0. The van der Waals surface area contributed by atoms with Gasteiger partial charge < -0.3 is 20.5 Å². The number of aliphatic hydroxyl groups is 1.